The first-order valence-electron chi connectivity index (χ1n) is 5.88. The maximum Gasteiger partial charge on any atom is 0.224 e. The largest absolute Gasteiger partial charge is 0.325 e. The van der Waals surface area contributed by atoms with E-state index < -0.39 is 0 Å². The van der Waals surface area contributed by atoms with Crippen LogP contribution in [0.25, 0.3) is 0 Å². The zero-order valence-corrected chi connectivity index (χ0v) is 12.0. The molecule has 1 saturated heterocycles. The van der Waals surface area contributed by atoms with Gasteiger partial charge in [-0.25, -0.2) is 0 Å². The summed E-state index contributed by atoms with van der Waals surface area (Å²) < 4.78 is 0.938. The second-order valence-corrected chi connectivity index (χ2v) is 6.37. The van der Waals surface area contributed by atoms with E-state index in [1.165, 1.54) is 24.3 Å². The van der Waals surface area contributed by atoms with Crippen LogP contribution < -0.4 is 5.32 Å². The predicted octanol–water partition coefficient (Wildman–Crippen LogP) is 3.92. The highest BCUT2D eigenvalue weighted by Crippen LogP contribution is 2.26. The van der Waals surface area contributed by atoms with Crippen LogP contribution in [0.2, 0.25) is 0 Å². The predicted molar refractivity (Wildman–Crippen MR) is 77.4 cm³/mol. The molecule has 1 N–H and O–H groups in total. The molecule has 1 aliphatic heterocycles. The monoisotopic (exact) mass is 313 g/mol. The minimum absolute atomic E-state index is 0.133. The molecule has 1 aliphatic rings. The molecule has 0 aromatic heterocycles. The summed E-state index contributed by atoms with van der Waals surface area (Å²) in [5.41, 5.74) is 0.864. The standard InChI is InChI=1S/C13H16BrNOS/c14-11-3-1-2-4-12(11)15-13(16)9-10-5-7-17-8-6-10/h1-4,10H,5-9H2,(H,15,16). The zero-order chi connectivity index (χ0) is 12.1. The molecule has 0 unspecified atom stereocenters. The van der Waals surface area contributed by atoms with Gasteiger partial charge in [0.05, 0.1) is 5.69 Å². The minimum atomic E-state index is 0.133. The maximum absolute atomic E-state index is 11.9. The first-order chi connectivity index (χ1) is 8.25. The third-order valence-corrected chi connectivity index (χ3v) is 4.70. The second-order valence-electron chi connectivity index (χ2n) is 4.29. The van der Waals surface area contributed by atoms with Crippen molar-refractivity contribution in [3.05, 3.63) is 28.7 Å². The second kappa shape index (κ2) is 6.45. The molecule has 0 spiro atoms. The average molecular weight is 314 g/mol. The number of carbonyl (C=O) groups excluding carboxylic acids is 1. The Kier molecular flexibility index (Phi) is 4.92. The summed E-state index contributed by atoms with van der Waals surface area (Å²) in [6, 6.07) is 7.72. The highest BCUT2D eigenvalue weighted by atomic mass is 79.9. The van der Waals surface area contributed by atoms with Crippen LogP contribution in [0.4, 0.5) is 5.69 Å². The molecule has 92 valence electrons. The third-order valence-electron chi connectivity index (χ3n) is 2.96. The van der Waals surface area contributed by atoms with E-state index in [1.54, 1.807) is 0 Å². The van der Waals surface area contributed by atoms with Gasteiger partial charge in [-0.3, -0.25) is 4.79 Å². The molecule has 1 heterocycles. The number of amides is 1. The lowest BCUT2D eigenvalue weighted by atomic mass is 9.98. The normalized spacial score (nSPS) is 16.8. The third kappa shape index (κ3) is 4.03. The molecule has 1 amide bonds. The molecule has 4 heteroatoms. The molecule has 0 aliphatic carbocycles. The summed E-state index contributed by atoms with van der Waals surface area (Å²) in [5.74, 6) is 3.10. The van der Waals surface area contributed by atoms with Gasteiger partial charge in [-0.05, 0) is 58.3 Å². The van der Waals surface area contributed by atoms with Crippen molar-refractivity contribution in [3.63, 3.8) is 0 Å². The fourth-order valence-electron chi connectivity index (χ4n) is 1.98. The Morgan fingerprint density at radius 1 is 1.35 bits per heavy atom. The van der Waals surface area contributed by atoms with Gasteiger partial charge in [0.15, 0.2) is 0 Å². The van der Waals surface area contributed by atoms with Gasteiger partial charge in [0.1, 0.15) is 0 Å². The first kappa shape index (κ1) is 13.0. The van der Waals surface area contributed by atoms with Crippen molar-refractivity contribution in [1.29, 1.82) is 0 Å². The van der Waals surface area contributed by atoms with Crippen LogP contribution in [0.15, 0.2) is 28.7 Å². The van der Waals surface area contributed by atoms with E-state index in [0.717, 1.165) is 10.2 Å². The number of para-hydroxylation sites is 1. The highest BCUT2D eigenvalue weighted by Gasteiger charge is 2.17. The summed E-state index contributed by atoms with van der Waals surface area (Å²) in [6.07, 6.45) is 3.00. The van der Waals surface area contributed by atoms with Crippen molar-refractivity contribution in [2.24, 2.45) is 5.92 Å². The van der Waals surface area contributed by atoms with Gasteiger partial charge in [-0.2, -0.15) is 11.8 Å². The van der Waals surface area contributed by atoms with Crippen LogP contribution in [0.3, 0.4) is 0 Å². The minimum Gasteiger partial charge on any atom is -0.325 e. The molecule has 0 radical (unpaired) electrons. The van der Waals surface area contributed by atoms with Crippen LogP contribution in [-0.4, -0.2) is 17.4 Å². The fraction of sp³-hybridized carbons (Fsp3) is 0.462. The lowest BCUT2D eigenvalue weighted by Crippen LogP contribution is -2.19. The summed E-state index contributed by atoms with van der Waals surface area (Å²) in [5, 5.41) is 2.96. The number of rotatable bonds is 3. The van der Waals surface area contributed by atoms with Crippen molar-refractivity contribution in [1.82, 2.24) is 0 Å². The maximum atomic E-state index is 11.9. The zero-order valence-electron chi connectivity index (χ0n) is 9.62. The number of hydrogen-bond donors (Lipinski definition) is 1. The smallest absolute Gasteiger partial charge is 0.224 e. The van der Waals surface area contributed by atoms with Gasteiger partial charge in [0.25, 0.3) is 0 Å². The van der Waals surface area contributed by atoms with E-state index in [4.69, 9.17) is 0 Å². The molecular weight excluding hydrogens is 298 g/mol. The number of anilines is 1. The molecule has 2 rings (SSSR count). The van der Waals surface area contributed by atoms with Crippen LogP contribution in [0.5, 0.6) is 0 Å². The van der Waals surface area contributed by atoms with Crippen molar-refractivity contribution in [3.8, 4) is 0 Å². The Balaban J connectivity index is 1.86. The Morgan fingerprint density at radius 2 is 2.06 bits per heavy atom. The molecule has 0 saturated carbocycles. The van der Waals surface area contributed by atoms with Gasteiger partial charge in [-0.1, -0.05) is 12.1 Å². The molecule has 0 bridgehead atoms. The fourth-order valence-corrected chi connectivity index (χ4v) is 3.56. The van der Waals surface area contributed by atoms with E-state index in [0.29, 0.717) is 12.3 Å². The van der Waals surface area contributed by atoms with Crippen LogP contribution in [-0.2, 0) is 4.79 Å². The van der Waals surface area contributed by atoms with Crippen molar-refractivity contribution < 1.29 is 4.79 Å². The summed E-state index contributed by atoms with van der Waals surface area (Å²) in [6.45, 7) is 0. The summed E-state index contributed by atoms with van der Waals surface area (Å²) in [4.78, 5) is 11.9. The molecular formula is C13H16BrNOS. The molecule has 1 aromatic rings. The van der Waals surface area contributed by atoms with Gasteiger partial charge >= 0.3 is 0 Å². The van der Waals surface area contributed by atoms with E-state index in [1.807, 2.05) is 36.0 Å². The lowest BCUT2D eigenvalue weighted by molar-refractivity contribution is -0.117. The van der Waals surface area contributed by atoms with Crippen molar-refractivity contribution >= 4 is 39.3 Å². The quantitative estimate of drug-likeness (QED) is 0.916. The molecule has 0 atom stereocenters. The van der Waals surface area contributed by atoms with Crippen molar-refractivity contribution in [2.45, 2.75) is 19.3 Å². The molecule has 1 fully saturated rings. The van der Waals surface area contributed by atoms with Crippen LogP contribution >= 0.6 is 27.7 Å². The number of halogens is 1. The number of nitrogens with one attached hydrogen (secondary N) is 1. The SMILES string of the molecule is O=C(CC1CCSCC1)Nc1ccccc1Br. The number of hydrogen-bond acceptors (Lipinski definition) is 2. The molecule has 1 aromatic carbocycles. The highest BCUT2D eigenvalue weighted by molar-refractivity contribution is 9.10. The average Bonchev–Trinajstić information content (AvgIpc) is 2.33. The number of carbonyl (C=O) groups is 1. The summed E-state index contributed by atoms with van der Waals surface area (Å²) >= 11 is 5.42. The number of thioether (sulfide) groups is 1. The Bertz CT molecular complexity index is 391. The lowest BCUT2D eigenvalue weighted by Gasteiger charge is -2.20. The Labute approximate surface area is 115 Å². The van der Waals surface area contributed by atoms with Gasteiger partial charge in [-0.15, -0.1) is 0 Å². The first-order valence-corrected chi connectivity index (χ1v) is 7.82. The van der Waals surface area contributed by atoms with Gasteiger partial charge in [0.2, 0.25) is 5.91 Å². The van der Waals surface area contributed by atoms with Gasteiger partial charge < -0.3 is 5.32 Å². The van der Waals surface area contributed by atoms with Crippen LogP contribution in [0.1, 0.15) is 19.3 Å². The molecule has 2 nitrogen and oxygen atoms in total. The number of benzene rings is 1. The van der Waals surface area contributed by atoms with E-state index in [9.17, 15) is 4.79 Å². The van der Waals surface area contributed by atoms with Gasteiger partial charge in [0, 0.05) is 10.9 Å². The Hall–Kier alpha value is -0.480. The van der Waals surface area contributed by atoms with Crippen LogP contribution in [0, 0.1) is 5.92 Å². The summed E-state index contributed by atoms with van der Waals surface area (Å²) in [7, 11) is 0. The van der Waals surface area contributed by atoms with E-state index in [-0.39, 0.29) is 5.91 Å². The topological polar surface area (TPSA) is 29.1 Å². The molecule has 17 heavy (non-hydrogen) atoms. The van der Waals surface area contributed by atoms with E-state index in [2.05, 4.69) is 21.2 Å². The Morgan fingerprint density at radius 3 is 2.76 bits per heavy atom. The van der Waals surface area contributed by atoms with Crippen molar-refractivity contribution in [2.75, 3.05) is 16.8 Å². The van der Waals surface area contributed by atoms with E-state index >= 15 is 0 Å².